The van der Waals surface area contributed by atoms with Gasteiger partial charge in [0.25, 0.3) is 0 Å². The Balaban J connectivity index is 1.54. The monoisotopic (exact) mass is 270 g/mol. The standard InChI is InChI=1S/C17H19FN2/c1-12(13-5-7-19-8-6-13)20-17-10-15(11-17)14-3-2-4-16(18)9-14/h2-9,12,15,17,20H,10-11H2,1H3/t12-,15?,17?/m0/s1. The molecule has 0 bridgehead atoms. The Morgan fingerprint density at radius 2 is 1.95 bits per heavy atom. The van der Waals surface area contributed by atoms with Crippen LogP contribution in [-0.2, 0) is 0 Å². The fourth-order valence-corrected chi connectivity index (χ4v) is 2.89. The second kappa shape index (κ2) is 5.71. The van der Waals surface area contributed by atoms with E-state index >= 15 is 0 Å². The van der Waals surface area contributed by atoms with Crippen molar-refractivity contribution in [2.24, 2.45) is 0 Å². The lowest BCUT2D eigenvalue weighted by molar-refractivity contribution is 0.270. The van der Waals surface area contributed by atoms with Crippen LogP contribution >= 0.6 is 0 Å². The average molecular weight is 270 g/mol. The van der Waals surface area contributed by atoms with Gasteiger partial charge in [-0.15, -0.1) is 0 Å². The van der Waals surface area contributed by atoms with E-state index in [4.69, 9.17) is 0 Å². The van der Waals surface area contributed by atoms with Crippen LogP contribution in [0, 0.1) is 5.82 Å². The van der Waals surface area contributed by atoms with E-state index in [1.165, 1.54) is 11.6 Å². The summed E-state index contributed by atoms with van der Waals surface area (Å²) in [6.07, 6.45) is 5.81. The Morgan fingerprint density at radius 3 is 2.65 bits per heavy atom. The van der Waals surface area contributed by atoms with E-state index in [0.717, 1.165) is 18.4 Å². The molecule has 1 heterocycles. The molecule has 1 aromatic heterocycles. The van der Waals surface area contributed by atoms with Crippen LogP contribution < -0.4 is 5.32 Å². The van der Waals surface area contributed by atoms with Gasteiger partial charge in [-0.25, -0.2) is 4.39 Å². The van der Waals surface area contributed by atoms with Crippen molar-refractivity contribution < 1.29 is 4.39 Å². The maximum absolute atomic E-state index is 13.2. The fraction of sp³-hybridized carbons (Fsp3) is 0.353. The molecule has 0 unspecified atom stereocenters. The minimum absolute atomic E-state index is 0.135. The highest BCUT2D eigenvalue weighted by molar-refractivity contribution is 5.24. The zero-order valence-electron chi connectivity index (χ0n) is 11.6. The smallest absolute Gasteiger partial charge is 0.123 e. The molecule has 2 aromatic rings. The minimum atomic E-state index is -0.135. The van der Waals surface area contributed by atoms with E-state index in [0.29, 0.717) is 18.0 Å². The molecule has 1 saturated carbocycles. The summed E-state index contributed by atoms with van der Waals surface area (Å²) in [6.45, 7) is 2.17. The van der Waals surface area contributed by atoms with Gasteiger partial charge in [0, 0.05) is 24.5 Å². The van der Waals surface area contributed by atoms with Crippen molar-refractivity contribution in [3.05, 3.63) is 65.7 Å². The number of nitrogens with zero attached hydrogens (tertiary/aromatic N) is 1. The molecule has 1 N–H and O–H groups in total. The first-order chi connectivity index (χ1) is 9.72. The molecule has 1 atom stereocenters. The Bertz CT molecular complexity index is 564. The van der Waals surface area contributed by atoms with E-state index in [1.54, 1.807) is 12.1 Å². The number of aromatic nitrogens is 1. The summed E-state index contributed by atoms with van der Waals surface area (Å²) in [5, 5.41) is 3.63. The quantitative estimate of drug-likeness (QED) is 0.913. The maximum Gasteiger partial charge on any atom is 0.123 e. The zero-order valence-corrected chi connectivity index (χ0v) is 11.6. The molecule has 3 rings (SSSR count). The number of hydrogen-bond acceptors (Lipinski definition) is 2. The molecule has 104 valence electrons. The summed E-state index contributed by atoms with van der Waals surface area (Å²) in [6, 6.07) is 11.9. The van der Waals surface area contributed by atoms with Crippen LogP contribution in [0.4, 0.5) is 4.39 Å². The molecule has 3 heteroatoms. The highest BCUT2D eigenvalue weighted by atomic mass is 19.1. The number of rotatable bonds is 4. The van der Waals surface area contributed by atoms with Crippen molar-refractivity contribution in [3.63, 3.8) is 0 Å². The van der Waals surface area contributed by atoms with E-state index < -0.39 is 0 Å². The second-order valence-corrected chi connectivity index (χ2v) is 5.59. The minimum Gasteiger partial charge on any atom is -0.307 e. The summed E-state index contributed by atoms with van der Waals surface area (Å²) in [4.78, 5) is 4.04. The number of nitrogens with one attached hydrogen (secondary N) is 1. The summed E-state index contributed by atoms with van der Waals surface area (Å²) >= 11 is 0. The molecule has 1 aliphatic carbocycles. The topological polar surface area (TPSA) is 24.9 Å². The molecule has 1 aliphatic rings. The molecule has 1 fully saturated rings. The van der Waals surface area contributed by atoms with Crippen LogP contribution in [-0.4, -0.2) is 11.0 Å². The summed E-state index contributed by atoms with van der Waals surface area (Å²) in [5.41, 5.74) is 2.38. The Hall–Kier alpha value is -1.74. The molecule has 0 aliphatic heterocycles. The van der Waals surface area contributed by atoms with Crippen LogP contribution in [0.1, 0.15) is 42.9 Å². The summed E-state index contributed by atoms with van der Waals surface area (Å²) < 4.78 is 13.2. The van der Waals surface area contributed by atoms with Crippen molar-refractivity contribution in [2.45, 2.75) is 37.8 Å². The van der Waals surface area contributed by atoms with Gasteiger partial charge < -0.3 is 5.32 Å². The molecular formula is C17H19FN2. The molecule has 0 saturated heterocycles. The number of hydrogen-bond donors (Lipinski definition) is 1. The first-order valence-corrected chi connectivity index (χ1v) is 7.14. The van der Waals surface area contributed by atoms with Gasteiger partial charge in [-0.1, -0.05) is 12.1 Å². The van der Waals surface area contributed by atoms with Crippen molar-refractivity contribution in [2.75, 3.05) is 0 Å². The Morgan fingerprint density at radius 1 is 1.20 bits per heavy atom. The van der Waals surface area contributed by atoms with Crippen molar-refractivity contribution in [3.8, 4) is 0 Å². The number of pyridine rings is 1. The van der Waals surface area contributed by atoms with E-state index in [-0.39, 0.29) is 5.82 Å². The van der Waals surface area contributed by atoms with Gasteiger partial charge in [0.2, 0.25) is 0 Å². The number of benzene rings is 1. The molecular weight excluding hydrogens is 251 g/mol. The predicted octanol–water partition coefficient (Wildman–Crippen LogP) is 3.82. The fourth-order valence-electron chi connectivity index (χ4n) is 2.89. The van der Waals surface area contributed by atoms with Crippen LogP contribution in [0.2, 0.25) is 0 Å². The van der Waals surface area contributed by atoms with Crippen molar-refractivity contribution in [1.82, 2.24) is 10.3 Å². The van der Waals surface area contributed by atoms with E-state index in [2.05, 4.69) is 17.2 Å². The Kier molecular flexibility index (Phi) is 3.79. The maximum atomic E-state index is 13.2. The van der Waals surface area contributed by atoms with E-state index in [9.17, 15) is 4.39 Å². The summed E-state index contributed by atoms with van der Waals surface area (Å²) in [5.74, 6) is 0.358. The highest BCUT2D eigenvalue weighted by Crippen LogP contribution is 2.38. The molecule has 20 heavy (non-hydrogen) atoms. The third-order valence-corrected chi connectivity index (χ3v) is 4.15. The third-order valence-electron chi connectivity index (χ3n) is 4.15. The predicted molar refractivity (Wildman–Crippen MR) is 78.0 cm³/mol. The van der Waals surface area contributed by atoms with Crippen LogP contribution in [0.15, 0.2) is 48.8 Å². The largest absolute Gasteiger partial charge is 0.307 e. The van der Waals surface area contributed by atoms with Crippen molar-refractivity contribution in [1.29, 1.82) is 0 Å². The molecule has 1 aromatic carbocycles. The lowest BCUT2D eigenvalue weighted by Crippen LogP contribution is -2.41. The van der Waals surface area contributed by atoms with Gasteiger partial charge in [0.05, 0.1) is 0 Å². The molecule has 0 spiro atoms. The first-order valence-electron chi connectivity index (χ1n) is 7.14. The van der Waals surface area contributed by atoms with Gasteiger partial charge >= 0.3 is 0 Å². The SMILES string of the molecule is C[C@H](NC1CC(c2cccc(F)c2)C1)c1ccncc1. The van der Waals surface area contributed by atoms with Crippen LogP contribution in [0.5, 0.6) is 0 Å². The van der Waals surface area contributed by atoms with Gasteiger partial charge in [-0.2, -0.15) is 0 Å². The molecule has 0 amide bonds. The highest BCUT2D eigenvalue weighted by Gasteiger charge is 2.31. The lowest BCUT2D eigenvalue weighted by atomic mass is 9.75. The van der Waals surface area contributed by atoms with Gasteiger partial charge in [-0.3, -0.25) is 4.98 Å². The third kappa shape index (κ3) is 2.88. The lowest BCUT2D eigenvalue weighted by Gasteiger charge is -2.38. The Labute approximate surface area is 119 Å². The summed E-state index contributed by atoms with van der Waals surface area (Å²) in [7, 11) is 0. The zero-order chi connectivity index (χ0) is 13.9. The first kappa shape index (κ1) is 13.3. The second-order valence-electron chi connectivity index (χ2n) is 5.59. The van der Waals surface area contributed by atoms with Gasteiger partial charge in [-0.05, 0) is 61.1 Å². The van der Waals surface area contributed by atoms with E-state index in [1.807, 2.05) is 30.6 Å². The van der Waals surface area contributed by atoms with Crippen LogP contribution in [0.25, 0.3) is 0 Å². The molecule has 0 radical (unpaired) electrons. The normalized spacial score (nSPS) is 23.1. The van der Waals surface area contributed by atoms with Crippen molar-refractivity contribution >= 4 is 0 Å². The average Bonchev–Trinajstić information content (AvgIpc) is 2.43. The van der Waals surface area contributed by atoms with Gasteiger partial charge in [0.1, 0.15) is 5.82 Å². The van der Waals surface area contributed by atoms with Gasteiger partial charge in [0.15, 0.2) is 0 Å². The van der Waals surface area contributed by atoms with Crippen LogP contribution in [0.3, 0.4) is 0 Å². The number of halogens is 1. The molecule has 2 nitrogen and oxygen atoms in total.